The van der Waals surface area contributed by atoms with Crippen LogP contribution in [0.2, 0.25) is 0 Å². The Morgan fingerprint density at radius 1 is 1.25 bits per heavy atom. The first-order valence-electron chi connectivity index (χ1n) is 7.07. The molecule has 0 saturated carbocycles. The van der Waals surface area contributed by atoms with Crippen molar-refractivity contribution >= 4 is 23.7 Å². The molecule has 0 bridgehead atoms. The molecule has 1 aromatic carbocycles. The van der Waals surface area contributed by atoms with E-state index in [0.717, 1.165) is 43.9 Å². The first-order chi connectivity index (χ1) is 9.77. The van der Waals surface area contributed by atoms with E-state index in [1.807, 2.05) is 53.1 Å². The molecular weight excluding hydrogens is 270 g/mol. The summed E-state index contributed by atoms with van der Waals surface area (Å²) in [6.07, 6.45) is 5.45. The van der Waals surface area contributed by atoms with E-state index in [1.165, 1.54) is 0 Å². The molecule has 0 aromatic heterocycles. The van der Waals surface area contributed by atoms with Crippen LogP contribution in [0.1, 0.15) is 18.4 Å². The molecule has 0 radical (unpaired) electrons. The second-order valence-corrected chi connectivity index (χ2v) is 6.62. The van der Waals surface area contributed by atoms with E-state index in [1.54, 1.807) is 6.08 Å². The first kappa shape index (κ1) is 13.7. The number of nitrogens with zero attached hydrogens (tertiary/aromatic N) is 1. The Balaban J connectivity index is 1.55. The molecule has 2 fully saturated rings. The third-order valence-electron chi connectivity index (χ3n) is 3.87. The molecular formula is C16H19NO2S. The van der Waals surface area contributed by atoms with E-state index in [0.29, 0.717) is 0 Å². The summed E-state index contributed by atoms with van der Waals surface area (Å²) >= 11 is 1.91. The van der Waals surface area contributed by atoms with E-state index >= 15 is 0 Å². The predicted molar refractivity (Wildman–Crippen MR) is 82.4 cm³/mol. The summed E-state index contributed by atoms with van der Waals surface area (Å²) in [6.45, 7) is 2.45. The van der Waals surface area contributed by atoms with E-state index in [-0.39, 0.29) is 10.8 Å². The fourth-order valence-corrected chi connectivity index (χ4v) is 3.87. The molecule has 0 atom stereocenters. The molecule has 3 rings (SSSR count). The zero-order chi connectivity index (χ0) is 13.8. The number of ether oxygens (including phenoxy) is 1. The number of rotatable bonds is 2. The van der Waals surface area contributed by atoms with Crippen molar-refractivity contribution in [1.82, 2.24) is 4.90 Å². The maximum Gasteiger partial charge on any atom is 0.246 e. The highest BCUT2D eigenvalue weighted by molar-refractivity contribution is 8.00. The van der Waals surface area contributed by atoms with E-state index in [4.69, 9.17) is 4.74 Å². The molecule has 0 N–H and O–H groups in total. The van der Waals surface area contributed by atoms with Gasteiger partial charge in [0.2, 0.25) is 5.91 Å². The Kier molecular flexibility index (Phi) is 4.13. The van der Waals surface area contributed by atoms with E-state index in [2.05, 4.69) is 0 Å². The van der Waals surface area contributed by atoms with Gasteiger partial charge in [0.05, 0.1) is 6.61 Å². The van der Waals surface area contributed by atoms with Crippen LogP contribution >= 0.6 is 11.8 Å². The minimum absolute atomic E-state index is 0.0000751. The second-order valence-electron chi connectivity index (χ2n) is 5.18. The van der Waals surface area contributed by atoms with Crippen LogP contribution in [0.15, 0.2) is 36.4 Å². The molecule has 106 valence electrons. The van der Waals surface area contributed by atoms with Crippen molar-refractivity contribution < 1.29 is 9.53 Å². The number of carbonyl (C=O) groups is 1. The highest BCUT2D eigenvalue weighted by Crippen LogP contribution is 2.41. The lowest BCUT2D eigenvalue weighted by molar-refractivity contribution is -0.128. The molecule has 1 spiro atoms. The number of amides is 1. The Morgan fingerprint density at radius 2 is 2.00 bits per heavy atom. The zero-order valence-corrected chi connectivity index (χ0v) is 12.3. The maximum absolute atomic E-state index is 12.2. The molecule has 4 heteroatoms. The van der Waals surface area contributed by atoms with Gasteiger partial charge in [0.25, 0.3) is 0 Å². The lowest BCUT2D eigenvalue weighted by atomic mass is 10.1. The minimum Gasteiger partial charge on any atom is -0.363 e. The lowest BCUT2D eigenvalue weighted by Gasteiger charge is -2.37. The number of thioether (sulfide) groups is 1. The summed E-state index contributed by atoms with van der Waals surface area (Å²) < 4.78 is 5.85. The van der Waals surface area contributed by atoms with Gasteiger partial charge >= 0.3 is 0 Å². The molecule has 1 aromatic rings. The van der Waals surface area contributed by atoms with Crippen molar-refractivity contribution in [3.8, 4) is 0 Å². The van der Waals surface area contributed by atoms with Gasteiger partial charge in [-0.25, -0.2) is 0 Å². The number of benzene rings is 1. The predicted octanol–water partition coefficient (Wildman–Crippen LogP) is 2.78. The van der Waals surface area contributed by atoms with Crippen LogP contribution < -0.4 is 0 Å². The van der Waals surface area contributed by atoms with Gasteiger partial charge in [0.1, 0.15) is 4.93 Å². The molecule has 20 heavy (non-hydrogen) atoms. The second kappa shape index (κ2) is 6.02. The standard InChI is InChI=1S/C16H19NO2S/c18-15(7-6-14-4-2-1-3-5-14)17-10-8-16(9-11-17)19-12-13-20-16/h1-7H,8-13H2/b7-6+. The van der Waals surface area contributed by atoms with Gasteiger partial charge in [-0.3, -0.25) is 4.79 Å². The van der Waals surface area contributed by atoms with E-state index in [9.17, 15) is 4.79 Å². The topological polar surface area (TPSA) is 29.5 Å². The largest absolute Gasteiger partial charge is 0.363 e. The molecule has 0 aliphatic carbocycles. The summed E-state index contributed by atoms with van der Waals surface area (Å²) in [7, 11) is 0. The van der Waals surface area contributed by atoms with Crippen LogP contribution in [-0.2, 0) is 9.53 Å². The highest BCUT2D eigenvalue weighted by atomic mass is 32.2. The molecule has 2 aliphatic heterocycles. The Bertz CT molecular complexity index is 484. The van der Waals surface area contributed by atoms with Crippen LogP contribution in [0.3, 0.4) is 0 Å². The average Bonchev–Trinajstić information content (AvgIpc) is 2.95. The van der Waals surface area contributed by atoms with Gasteiger partial charge in [0.15, 0.2) is 0 Å². The monoisotopic (exact) mass is 289 g/mol. The quantitative estimate of drug-likeness (QED) is 0.784. The number of carbonyl (C=O) groups excluding carboxylic acids is 1. The summed E-state index contributed by atoms with van der Waals surface area (Å²) in [4.78, 5) is 14.1. The Labute approximate surface area is 124 Å². The summed E-state index contributed by atoms with van der Waals surface area (Å²) in [5.74, 6) is 1.19. The van der Waals surface area contributed by atoms with Crippen molar-refractivity contribution in [1.29, 1.82) is 0 Å². The smallest absolute Gasteiger partial charge is 0.246 e. The molecule has 1 amide bonds. The molecule has 0 unspecified atom stereocenters. The van der Waals surface area contributed by atoms with Crippen molar-refractivity contribution in [2.45, 2.75) is 17.8 Å². The van der Waals surface area contributed by atoms with Crippen LogP contribution in [0.5, 0.6) is 0 Å². The van der Waals surface area contributed by atoms with Crippen LogP contribution in [0, 0.1) is 0 Å². The number of likely N-dealkylation sites (tertiary alicyclic amines) is 1. The molecule has 3 nitrogen and oxygen atoms in total. The van der Waals surface area contributed by atoms with Gasteiger partial charge in [-0.1, -0.05) is 30.3 Å². The number of hydrogen-bond donors (Lipinski definition) is 0. The van der Waals surface area contributed by atoms with Crippen LogP contribution in [0.25, 0.3) is 6.08 Å². The van der Waals surface area contributed by atoms with Gasteiger partial charge in [0, 0.05) is 37.8 Å². The van der Waals surface area contributed by atoms with Gasteiger partial charge in [-0.05, 0) is 11.6 Å². The summed E-state index contributed by atoms with van der Waals surface area (Å²) in [6, 6.07) is 9.92. The maximum atomic E-state index is 12.2. The third kappa shape index (κ3) is 3.07. The number of piperidine rings is 1. The lowest BCUT2D eigenvalue weighted by Crippen LogP contribution is -2.44. The molecule has 2 aliphatic rings. The number of hydrogen-bond acceptors (Lipinski definition) is 3. The van der Waals surface area contributed by atoms with Gasteiger partial charge in [-0.2, -0.15) is 0 Å². The van der Waals surface area contributed by atoms with Crippen LogP contribution in [-0.4, -0.2) is 41.2 Å². The van der Waals surface area contributed by atoms with Crippen LogP contribution in [0.4, 0.5) is 0 Å². The first-order valence-corrected chi connectivity index (χ1v) is 8.06. The average molecular weight is 289 g/mol. The molecule has 2 heterocycles. The minimum atomic E-state index is -0.0000751. The highest BCUT2D eigenvalue weighted by Gasteiger charge is 2.39. The van der Waals surface area contributed by atoms with Crippen molar-refractivity contribution in [2.24, 2.45) is 0 Å². The normalized spacial score (nSPS) is 21.7. The van der Waals surface area contributed by atoms with Crippen molar-refractivity contribution in [3.63, 3.8) is 0 Å². The zero-order valence-electron chi connectivity index (χ0n) is 11.5. The van der Waals surface area contributed by atoms with Gasteiger partial charge < -0.3 is 9.64 Å². The van der Waals surface area contributed by atoms with Gasteiger partial charge in [-0.15, -0.1) is 11.8 Å². The fraction of sp³-hybridized carbons (Fsp3) is 0.438. The fourth-order valence-electron chi connectivity index (χ4n) is 2.69. The molecule has 2 saturated heterocycles. The van der Waals surface area contributed by atoms with E-state index < -0.39 is 0 Å². The Morgan fingerprint density at radius 3 is 2.65 bits per heavy atom. The SMILES string of the molecule is O=C(/C=C/c1ccccc1)N1CCC2(CC1)OCCS2. The summed E-state index contributed by atoms with van der Waals surface area (Å²) in [5.41, 5.74) is 1.06. The van der Waals surface area contributed by atoms with Crippen molar-refractivity contribution in [2.75, 3.05) is 25.4 Å². The Hall–Kier alpha value is -1.26. The van der Waals surface area contributed by atoms with Crippen molar-refractivity contribution in [3.05, 3.63) is 42.0 Å². The third-order valence-corrected chi connectivity index (χ3v) is 5.29. The summed E-state index contributed by atoms with van der Waals surface area (Å²) in [5, 5.41) is 0.